The van der Waals surface area contributed by atoms with Gasteiger partial charge in [0.1, 0.15) is 5.76 Å². The molecule has 6 heteroatoms. The molecule has 0 aromatic carbocycles. The molecule has 0 N–H and O–H groups in total. The van der Waals surface area contributed by atoms with Crippen molar-refractivity contribution < 1.29 is 14.0 Å². The van der Waals surface area contributed by atoms with E-state index < -0.39 is 0 Å². The zero-order valence-corrected chi connectivity index (χ0v) is 13.9. The van der Waals surface area contributed by atoms with Crippen LogP contribution in [0.5, 0.6) is 0 Å². The van der Waals surface area contributed by atoms with Crippen LogP contribution in [0.1, 0.15) is 29.9 Å². The van der Waals surface area contributed by atoms with E-state index in [1.54, 1.807) is 6.20 Å². The lowest BCUT2D eigenvalue weighted by Crippen LogP contribution is -2.42. The minimum atomic E-state index is 0.0979. The highest BCUT2D eigenvalue weighted by Gasteiger charge is 2.43. The lowest BCUT2D eigenvalue weighted by Gasteiger charge is -2.30. The third-order valence-corrected chi connectivity index (χ3v) is 4.88. The average molecular weight is 329 g/mol. The smallest absolute Gasteiger partial charge is 0.133 e. The fourth-order valence-corrected chi connectivity index (χ4v) is 3.76. The van der Waals surface area contributed by atoms with E-state index in [9.17, 15) is 0 Å². The molecule has 1 aliphatic carbocycles. The first kappa shape index (κ1) is 15.7. The number of nitrogens with zero attached hydrogens (tertiary/aromatic N) is 3. The van der Waals surface area contributed by atoms with E-state index >= 15 is 0 Å². The number of hydrogen-bond acceptors (Lipinski definition) is 6. The summed E-state index contributed by atoms with van der Waals surface area (Å²) in [6.07, 6.45) is 6.07. The van der Waals surface area contributed by atoms with Gasteiger partial charge in [-0.3, -0.25) is 9.88 Å². The predicted molar refractivity (Wildman–Crippen MR) is 87.2 cm³/mol. The molecule has 0 spiro atoms. The first-order valence-electron chi connectivity index (χ1n) is 8.58. The average Bonchev–Trinajstić information content (AvgIpc) is 3.13. The maximum Gasteiger partial charge on any atom is 0.133 e. The van der Waals surface area contributed by atoms with Gasteiger partial charge in [0.15, 0.2) is 0 Å². The second-order valence-corrected chi connectivity index (χ2v) is 6.59. The molecule has 6 nitrogen and oxygen atoms in total. The zero-order chi connectivity index (χ0) is 16.4. The van der Waals surface area contributed by atoms with Crippen LogP contribution in [-0.4, -0.2) is 46.4 Å². The Kier molecular flexibility index (Phi) is 4.60. The summed E-state index contributed by atoms with van der Waals surface area (Å²) in [6, 6.07) is 6.36. The second-order valence-electron chi connectivity index (χ2n) is 6.59. The van der Waals surface area contributed by atoms with Gasteiger partial charge < -0.3 is 14.0 Å². The summed E-state index contributed by atoms with van der Waals surface area (Å²) < 4.78 is 17.5. The molecule has 2 fully saturated rings. The summed E-state index contributed by atoms with van der Waals surface area (Å²) in [5.41, 5.74) is 2.07. The molecule has 0 radical (unpaired) electrons. The number of fused-ring (bicyclic) bond motifs is 2. The van der Waals surface area contributed by atoms with E-state index in [2.05, 4.69) is 15.0 Å². The topological polar surface area (TPSA) is 60.6 Å². The van der Waals surface area contributed by atoms with Crippen LogP contribution in [0, 0.1) is 6.92 Å². The van der Waals surface area contributed by atoms with E-state index in [1.807, 2.05) is 31.3 Å². The third-order valence-electron chi connectivity index (χ3n) is 4.88. The highest BCUT2D eigenvalue weighted by molar-refractivity contribution is 5.08. The van der Waals surface area contributed by atoms with Gasteiger partial charge in [0.05, 0.1) is 31.1 Å². The molecule has 24 heavy (non-hydrogen) atoms. The highest BCUT2D eigenvalue weighted by atomic mass is 16.5. The zero-order valence-electron chi connectivity index (χ0n) is 13.9. The van der Waals surface area contributed by atoms with Crippen molar-refractivity contribution in [3.63, 3.8) is 0 Å². The Hall–Kier alpha value is -1.76. The maximum absolute atomic E-state index is 6.26. The van der Waals surface area contributed by atoms with Crippen LogP contribution in [0.2, 0.25) is 0 Å². The molecule has 0 amide bonds. The fraction of sp³-hybridized carbons (Fsp3) is 0.556. The van der Waals surface area contributed by atoms with Gasteiger partial charge in [-0.25, -0.2) is 0 Å². The minimum Gasteiger partial charge on any atom is -0.374 e. The monoisotopic (exact) mass is 329 g/mol. The van der Waals surface area contributed by atoms with Crippen LogP contribution in [0.25, 0.3) is 0 Å². The Labute approximate surface area is 141 Å². The lowest BCUT2D eigenvalue weighted by atomic mass is 10.1. The van der Waals surface area contributed by atoms with Crippen molar-refractivity contribution in [3.8, 4) is 0 Å². The number of ether oxygens (including phenoxy) is 2. The Morgan fingerprint density at radius 2 is 2.33 bits per heavy atom. The van der Waals surface area contributed by atoms with E-state index in [-0.39, 0.29) is 12.2 Å². The summed E-state index contributed by atoms with van der Waals surface area (Å²) >= 11 is 0. The fourth-order valence-electron chi connectivity index (χ4n) is 3.76. The van der Waals surface area contributed by atoms with Gasteiger partial charge in [-0.2, -0.15) is 0 Å². The van der Waals surface area contributed by atoms with Crippen LogP contribution in [0.15, 0.2) is 35.1 Å². The van der Waals surface area contributed by atoms with Crippen molar-refractivity contribution in [2.45, 2.75) is 51.2 Å². The lowest BCUT2D eigenvalue weighted by molar-refractivity contribution is -0.0615. The van der Waals surface area contributed by atoms with Crippen LogP contribution < -0.4 is 0 Å². The Bertz CT molecular complexity index is 661. The van der Waals surface area contributed by atoms with Crippen molar-refractivity contribution in [3.05, 3.63) is 47.6 Å². The molecule has 2 bridgehead atoms. The molecule has 128 valence electrons. The van der Waals surface area contributed by atoms with Gasteiger partial charge in [0, 0.05) is 37.6 Å². The SMILES string of the molecule is Cc1cc(CN2CCO[C@H]3CC[C@H]2[C@H]3OCc2cccnc2)no1. The molecular weight excluding hydrogens is 306 g/mol. The van der Waals surface area contributed by atoms with Gasteiger partial charge >= 0.3 is 0 Å². The van der Waals surface area contributed by atoms with Gasteiger partial charge in [-0.05, 0) is 31.4 Å². The van der Waals surface area contributed by atoms with E-state index in [4.69, 9.17) is 14.0 Å². The first-order chi connectivity index (χ1) is 11.8. The van der Waals surface area contributed by atoms with Gasteiger partial charge in [-0.1, -0.05) is 11.2 Å². The Morgan fingerprint density at radius 1 is 1.38 bits per heavy atom. The maximum atomic E-state index is 6.26. The van der Waals surface area contributed by atoms with E-state index in [1.165, 1.54) is 0 Å². The van der Waals surface area contributed by atoms with Crippen molar-refractivity contribution >= 4 is 0 Å². The van der Waals surface area contributed by atoms with Crippen molar-refractivity contribution in [1.29, 1.82) is 0 Å². The largest absolute Gasteiger partial charge is 0.374 e. The minimum absolute atomic E-state index is 0.0979. The summed E-state index contributed by atoms with van der Waals surface area (Å²) in [7, 11) is 0. The van der Waals surface area contributed by atoms with Gasteiger partial charge in [0.25, 0.3) is 0 Å². The van der Waals surface area contributed by atoms with Gasteiger partial charge in [0.2, 0.25) is 0 Å². The molecule has 1 aliphatic heterocycles. The number of pyridine rings is 1. The highest BCUT2D eigenvalue weighted by Crippen LogP contribution is 2.33. The van der Waals surface area contributed by atoms with Crippen molar-refractivity contribution in [2.75, 3.05) is 13.2 Å². The van der Waals surface area contributed by atoms with E-state index in [0.717, 1.165) is 49.6 Å². The predicted octanol–water partition coefficient (Wildman–Crippen LogP) is 2.33. The first-order valence-corrected chi connectivity index (χ1v) is 8.58. The number of rotatable bonds is 5. The van der Waals surface area contributed by atoms with Crippen LogP contribution in [0.4, 0.5) is 0 Å². The molecule has 3 atom stereocenters. The Morgan fingerprint density at radius 3 is 3.12 bits per heavy atom. The molecule has 2 aliphatic rings. The normalized spacial score (nSPS) is 27.3. The molecular formula is C18H23N3O3. The summed E-state index contributed by atoms with van der Waals surface area (Å²) in [5.74, 6) is 0.852. The number of aromatic nitrogens is 2. The van der Waals surface area contributed by atoms with Gasteiger partial charge in [-0.15, -0.1) is 0 Å². The third kappa shape index (κ3) is 3.36. The number of aryl methyl sites for hydroxylation is 1. The quantitative estimate of drug-likeness (QED) is 0.839. The van der Waals surface area contributed by atoms with Crippen LogP contribution in [0.3, 0.4) is 0 Å². The van der Waals surface area contributed by atoms with E-state index in [0.29, 0.717) is 12.6 Å². The summed E-state index contributed by atoms with van der Waals surface area (Å²) in [4.78, 5) is 6.58. The van der Waals surface area contributed by atoms with Crippen molar-refractivity contribution in [1.82, 2.24) is 15.0 Å². The molecule has 1 saturated heterocycles. The van der Waals surface area contributed by atoms with Crippen molar-refractivity contribution in [2.24, 2.45) is 0 Å². The summed E-state index contributed by atoms with van der Waals surface area (Å²) in [6.45, 7) is 4.93. The Balaban J connectivity index is 1.45. The summed E-state index contributed by atoms with van der Waals surface area (Å²) in [5, 5.41) is 4.13. The molecule has 1 saturated carbocycles. The standard InChI is InChI=1S/C18H23N3O3/c1-13-9-15(20-24-13)11-21-7-8-22-17-5-4-16(21)18(17)23-12-14-3-2-6-19-10-14/h2-3,6,9-10,16-18H,4-5,7-8,11-12H2,1H3/t16-,17-,18+/m0/s1. The van der Waals surface area contributed by atoms with Crippen LogP contribution >= 0.6 is 0 Å². The molecule has 3 heterocycles. The molecule has 2 aromatic heterocycles. The van der Waals surface area contributed by atoms with Crippen LogP contribution in [-0.2, 0) is 22.6 Å². The molecule has 2 aromatic rings. The molecule has 0 unspecified atom stereocenters. The second kappa shape index (κ2) is 7.01. The number of hydrogen-bond donors (Lipinski definition) is 0. The molecule has 4 rings (SSSR count).